The molecule has 4 nitrogen and oxygen atoms in total. The van der Waals surface area contributed by atoms with E-state index >= 15 is 0 Å². The van der Waals surface area contributed by atoms with E-state index in [1.165, 1.54) is 17.3 Å². The van der Waals surface area contributed by atoms with Crippen LogP contribution in [-0.4, -0.2) is 37.3 Å². The monoisotopic (exact) mass is 234 g/mol. The zero-order valence-electron chi connectivity index (χ0n) is 8.58. The van der Waals surface area contributed by atoms with Crippen LogP contribution in [0.15, 0.2) is 21.7 Å². The molecule has 0 N–H and O–H groups in total. The van der Waals surface area contributed by atoms with Crippen LogP contribution in [0.5, 0.6) is 0 Å². The van der Waals surface area contributed by atoms with Crippen LogP contribution in [0.25, 0.3) is 0 Å². The highest BCUT2D eigenvalue weighted by Crippen LogP contribution is 2.22. The fourth-order valence-electron chi connectivity index (χ4n) is 0.856. The minimum atomic E-state index is -4.92. The lowest BCUT2D eigenvalue weighted by Crippen LogP contribution is -2.22. The van der Waals surface area contributed by atoms with Gasteiger partial charge in [0.25, 0.3) is 0 Å². The van der Waals surface area contributed by atoms with Crippen LogP contribution >= 0.6 is 0 Å². The van der Waals surface area contributed by atoms with Crippen LogP contribution in [0, 0.1) is 0 Å². The van der Waals surface area contributed by atoms with Crippen molar-refractivity contribution in [2.75, 3.05) is 14.1 Å². The van der Waals surface area contributed by atoms with E-state index < -0.39 is 17.7 Å². The first-order valence-corrected chi connectivity index (χ1v) is 4.23. The van der Waals surface area contributed by atoms with Gasteiger partial charge in [0.1, 0.15) is 5.76 Å². The topological polar surface area (TPSA) is 45.8 Å². The highest BCUT2D eigenvalue weighted by molar-refractivity contribution is 5.98. The van der Waals surface area contributed by atoms with Gasteiger partial charge in [-0.05, 0) is 12.1 Å². The predicted molar refractivity (Wildman–Crippen MR) is 50.4 cm³/mol. The Hall–Kier alpha value is -1.79. The van der Waals surface area contributed by atoms with Crippen molar-refractivity contribution in [3.63, 3.8) is 0 Å². The summed E-state index contributed by atoms with van der Waals surface area (Å²) in [6, 6.07) is 2.21. The maximum Gasteiger partial charge on any atom is 0.458 e. The predicted octanol–water partition coefficient (Wildman–Crippen LogP) is 1.92. The zero-order valence-corrected chi connectivity index (χ0v) is 8.58. The minimum Gasteiger partial charge on any atom is -0.452 e. The molecule has 0 fully saturated rings. The Labute approximate surface area is 89.3 Å². The molecule has 0 atom stereocenters. The zero-order chi connectivity index (χ0) is 12.3. The SMILES string of the molecule is CN(C)/N=C\c1ccc(C(=O)C(F)(F)F)o1. The number of carbonyl (C=O) groups excluding carboxylic acids is 1. The normalized spacial score (nSPS) is 12.1. The van der Waals surface area contributed by atoms with Crippen LogP contribution in [0.2, 0.25) is 0 Å². The maximum absolute atomic E-state index is 12.0. The number of ketones is 1. The number of carbonyl (C=O) groups is 1. The summed E-state index contributed by atoms with van der Waals surface area (Å²) >= 11 is 0. The second kappa shape index (κ2) is 4.38. The highest BCUT2D eigenvalue weighted by Gasteiger charge is 2.41. The number of alkyl halides is 3. The molecule has 0 radical (unpaired) electrons. The van der Waals surface area contributed by atoms with E-state index in [0.717, 1.165) is 6.07 Å². The highest BCUT2D eigenvalue weighted by atomic mass is 19.4. The van der Waals surface area contributed by atoms with Crippen LogP contribution in [0.3, 0.4) is 0 Å². The van der Waals surface area contributed by atoms with E-state index in [-0.39, 0.29) is 5.76 Å². The van der Waals surface area contributed by atoms with Crippen molar-refractivity contribution in [1.82, 2.24) is 5.01 Å². The molecule has 0 amide bonds. The summed E-state index contributed by atoms with van der Waals surface area (Å²) < 4.78 is 40.7. The molecule has 0 aliphatic heterocycles. The summed E-state index contributed by atoms with van der Waals surface area (Å²) in [5.41, 5.74) is 0. The molecule has 1 heterocycles. The van der Waals surface area contributed by atoms with E-state index in [9.17, 15) is 18.0 Å². The van der Waals surface area contributed by atoms with Crippen molar-refractivity contribution in [2.45, 2.75) is 6.18 Å². The first-order chi connectivity index (χ1) is 7.30. The maximum atomic E-state index is 12.0. The van der Waals surface area contributed by atoms with Gasteiger partial charge in [-0.25, -0.2) is 0 Å². The average Bonchev–Trinajstić information content (AvgIpc) is 2.60. The van der Waals surface area contributed by atoms with Crippen molar-refractivity contribution in [1.29, 1.82) is 0 Å². The number of furan rings is 1. The molecule has 1 aromatic rings. The standard InChI is InChI=1S/C9H9F3N2O2/c1-14(2)13-5-6-3-4-7(16-6)8(15)9(10,11)12/h3-5H,1-2H3/b13-5-. The lowest BCUT2D eigenvalue weighted by atomic mass is 10.3. The molecule has 0 unspecified atom stereocenters. The third-order valence-electron chi connectivity index (χ3n) is 1.52. The third kappa shape index (κ3) is 3.11. The molecule has 0 aromatic carbocycles. The Morgan fingerprint density at radius 1 is 1.44 bits per heavy atom. The van der Waals surface area contributed by atoms with Crippen LogP contribution in [0.1, 0.15) is 16.3 Å². The Morgan fingerprint density at radius 2 is 2.06 bits per heavy atom. The van der Waals surface area contributed by atoms with Crippen LogP contribution in [0.4, 0.5) is 13.2 Å². The van der Waals surface area contributed by atoms with E-state index in [2.05, 4.69) is 9.52 Å². The molecule has 0 spiro atoms. The number of hydrogen-bond acceptors (Lipinski definition) is 4. The van der Waals surface area contributed by atoms with Gasteiger partial charge < -0.3 is 9.43 Å². The van der Waals surface area contributed by atoms with Gasteiger partial charge in [-0.1, -0.05) is 0 Å². The van der Waals surface area contributed by atoms with Crippen molar-refractivity contribution in [2.24, 2.45) is 5.10 Å². The van der Waals surface area contributed by atoms with Gasteiger partial charge in [0.05, 0.1) is 6.21 Å². The van der Waals surface area contributed by atoms with Crippen molar-refractivity contribution >= 4 is 12.0 Å². The first kappa shape index (κ1) is 12.3. The molecule has 0 aliphatic carbocycles. The molecule has 16 heavy (non-hydrogen) atoms. The number of nitrogens with zero attached hydrogens (tertiary/aromatic N) is 2. The molecular weight excluding hydrogens is 225 g/mol. The first-order valence-electron chi connectivity index (χ1n) is 4.23. The molecule has 0 saturated heterocycles. The van der Waals surface area contributed by atoms with Crippen molar-refractivity contribution in [3.8, 4) is 0 Å². The summed E-state index contributed by atoms with van der Waals surface area (Å²) in [4.78, 5) is 10.7. The Bertz CT molecular complexity index is 407. The summed E-state index contributed by atoms with van der Waals surface area (Å²) in [6.07, 6.45) is -3.71. The number of hydrogen-bond donors (Lipinski definition) is 0. The van der Waals surface area contributed by atoms with Gasteiger partial charge in [-0.15, -0.1) is 0 Å². The van der Waals surface area contributed by atoms with E-state index in [1.807, 2.05) is 0 Å². The lowest BCUT2D eigenvalue weighted by Gasteiger charge is -2.01. The Kier molecular flexibility index (Phi) is 3.36. The summed E-state index contributed by atoms with van der Waals surface area (Å²) in [7, 11) is 3.28. The fourth-order valence-corrected chi connectivity index (χ4v) is 0.856. The quantitative estimate of drug-likeness (QED) is 0.456. The number of halogens is 3. The smallest absolute Gasteiger partial charge is 0.452 e. The summed E-state index contributed by atoms with van der Waals surface area (Å²) in [5, 5.41) is 5.19. The Balaban J connectivity index is 2.84. The molecule has 1 aromatic heterocycles. The molecule has 0 bridgehead atoms. The van der Waals surface area contributed by atoms with Gasteiger partial charge in [0, 0.05) is 14.1 Å². The number of rotatable bonds is 3. The van der Waals surface area contributed by atoms with Gasteiger partial charge in [0.2, 0.25) is 0 Å². The van der Waals surface area contributed by atoms with E-state index in [0.29, 0.717) is 0 Å². The van der Waals surface area contributed by atoms with Gasteiger partial charge in [-0.3, -0.25) is 4.79 Å². The van der Waals surface area contributed by atoms with Gasteiger partial charge in [-0.2, -0.15) is 18.3 Å². The summed E-state index contributed by atoms with van der Waals surface area (Å²) in [5.74, 6) is -2.66. The van der Waals surface area contributed by atoms with E-state index in [4.69, 9.17) is 0 Å². The number of hydrazone groups is 1. The van der Waals surface area contributed by atoms with Crippen LogP contribution < -0.4 is 0 Å². The molecule has 1 rings (SSSR count). The molecule has 88 valence electrons. The van der Waals surface area contributed by atoms with Gasteiger partial charge in [0.15, 0.2) is 5.76 Å². The third-order valence-corrected chi connectivity index (χ3v) is 1.52. The fraction of sp³-hybridized carbons (Fsp3) is 0.333. The summed E-state index contributed by atoms with van der Waals surface area (Å²) in [6.45, 7) is 0. The van der Waals surface area contributed by atoms with Gasteiger partial charge >= 0.3 is 12.0 Å². The number of Topliss-reactive ketones (excluding diaryl/α,β-unsaturated/α-hetero) is 1. The molecule has 0 aliphatic rings. The molecule has 7 heteroatoms. The second-order valence-corrected chi connectivity index (χ2v) is 3.12. The molecule has 0 saturated carbocycles. The lowest BCUT2D eigenvalue weighted by molar-refractivity contribution is -0.0899. The van der Waals surface area contributed by atoms with Crippen molar-refractivity contribution in [3.05, 3.63) is 23.7 Å². The minimum absolute atomic E-state index is 0.0845. The molecular formula is C9H9F3N2O2. The van der Waals surface area contributed by atoms with Crippen molar-refractivity contribution < 1.29 is 22.4 Å². The second-order valence-electron chi connectivity index (χ2n) is 3.12. The average molecular weight is 234 g/mol. The van der Waals surface area contributed by atoms with E-state index in [1.54, 1.807) is 14.1 Å². The Morgan fingerprint density at radius 3 is 2.56 bits per heavy atom. The van der Waals surface area contributed by atoms with Crippen LogP contribution in [-0.2, 0) is 0 Å². The largest absolute Gasteiger partial charge is 0.458 e.